The molecule has 1 aromatic carbocycles. The summed E-state index contributed by atoms with van der Waals surface area (Å²) >= 11 is 0. The van der Waals surface area contributed by atoms with E-state index in [2.05, 4.69) is 11.8 Å². The number of morpholine rings is 1. The second-order valence-electron chi connectivity index (χ2n) is 7.54. The highest BCUT2D eigenvalue weighted by molar-refractivity contribution is 5.87. The highest BCUT2D eigenvalue weighted by atomic mass is 19.1. The van der Waals surface area contributed by atoms with Crippen molar-refractivity contribution in [2.24, 2.45) is 5.92 Å². The maximum atomic E-state index is 13.6. The second-order valence-corrected chi connectivity index (χ2v) is 7.54. The second kappa shape index (κ2) is 6.81. The van der Waals surface area contributed by atoms with Crippen molar-refractivity contribution in [3.8, 4) is 0 Å². The van der Waals surface area contributed by atoms with Gasteiger partial charge < -0.3 is 9.64 Å². The highest BCUT2D eigenvalue weighted by Gasteiger charge is 2.41. The summed E-state index contributed by atoms with van der Waals surface area (Å²) in [6, 6.07) is 6.77. The van der Waals surface area contributed by atoms with E-state index in [1.54, 1.807) is 6.07 Å². The first-order valence-corrected chi connectivity index (χ1v) is 8.77. The average molecular weight is 334 g/mol. The largest absolute Gasteiger partial charge is 0.379 e. The lowest BCUT2D eigenvalue weighted by molar-refractivity contribution is -0.135. The predicted molar refractivity (Wildman–Crippen MR) is 91.4 cm³/mol. The topological polar surface area (TPSA) is 32.8 Å². The highest BCUT2D eigenvalue weighted by Crippen LogP contribution is 2.30. The van der Waals surface area contributed by atoms with Gasteiger partial charge in [-0.15, -0.1) is 0 Å². The van der Waals surface area contributed by atoms with Crippen LogP contribution in [0.5, 0.6) is 0 Å². The summed E-state index contributed by atoms with van der Waals surface area (Å²) in [4.78, 5) is 17.5. The Balaban J connectivity index is 1.73. The number of hydrogen-bond donors (Lipinski definition) is 0. The molecule has 2 aliphatic heterocycles. The predicted octanol–water partition coefficient (Wildman–Crippen LogP) is 2.28. The smallest absolute Gasteiger partial charge is 0.232 e. The molecule has 0 spiro atoms. The van der Waals surface area contributed by atoms with Crippen LogP contribution in [0.25, 0.3) is 0 Å². The molecule has 1 aromatic rings. The van der Waals surface area contributed by atoms with Gasteiger partial charge in [0.05, 0.1) is 18.6 Å². The molecule has 2 heterocycles. The Morgan fingerprint density at radius 1 is 1.25 bits per heavy atom. The molecule has 4 nitrogen and oxygen atoms in total. The zero-order valence-corrected chi connectivity index (χ0v) is 14.8. The number of carbonyl (C=O) groups excluding carboxylic acids is 1. The Morgan fingerprint density at radius 3 is 2.62 bits per heavy atom. The minimum atomic E-state index is -0.721. The number of ether oxygens (including phenoxy) is 1. The van der Waals surface area contributed by atoms with Gasteiger partial charge in [-0.2, -0.15) is 0 Å². The number of likely N-dealkylation sites (tertiary alicyclic amines) is 1. The minimum Gasteiger partial charge on any atom is -0.379 e. The van der Waals surface area contributed by atoms with E-state index >= 15 is 0 Å². The van der Waals surface area contributed by atoms with Crippen LogP contribution in [-0.2, 0) is 14.9 Å². The van der Waals surface area contributed by atoms with Gasteiger partial charge in [0.15, 0.2) is 0 Å². The summed E-state index contributed by atoms with van der Waals surface area (Å²) in [7, 11) is 0. The van der Waals surface area contributed by atoms with E-state index in [1.165, 1.54) is 12.1 Å². The van der Waals surface area contributed by atoms with E-state index < -0.39 is 5.41 Å². The van der Waals surface area contributed by atoms with Crippen molar-refractivity contribution < 1.29 is 13.9 Å². The lowest BCUT2D eigenvalue weighted by Gasteiger charge is -2.34. The molecule has 2 atom stereocenters. The third-order valence-corrected chi connectivity index (χ3v) is 5.46. The molecule has 5 heteroatoms. The van der Waals surface area contributed by atoms with Crippen molar-refractivity contribution in [1.29, 1.82) is 0 Å². The van der Waals surface area contributed by atoms with Crippen molar-refractivity contribution in [3.05, 3.63) is 35.6 Å². The summed E-state index contributed by atoms with van der Waals surface area (Å²) < 4.78 is 19.0. The molecule has 0 unspecified atom stereocenters. The monoisotopic (exact) mass is 334 g/mol. The molecule has 0 bridgehead atoms. The van der Waals surface area contributed by atoms with Gasteiger partial charge in [-0.3, -0.25) is 9.69 Å². The van der Waals surface area contributed by atoms with Crippen molar-refractivity contribution in [1.82, 2.24) is 9.80 Å². The summed E-state index contributed by atoms with van der Waals surface area (Å²) in [6.45, 7) is 10.9. The first-order chi connectivity index (χ1) is 11.4. The molecule has 0 saturated carbocycles. The summed E-state index contributed by atoms with van der Waals surface area (Å²) in [5.41, 5.74) is 0.0109. The van der Waals surface area contributed by atoms with E-state index in [0.29, 0.717) is 12.0 Å². The number of carbonyl (C=O) groups is 1. The fourth-order valence-corrected chi connectivity index (χ4v) is 3.90. The molecule has 132 valence electrons. The molecule has 3 rings (SSSR count). The van der Waals surface area contributed by atoms with Crippen LogP contribution in [0.2, 0.25) is 0 Å². The Hall–Kier alpha value is -1.46. The number of hydrogen-bond acceptors (Lipinski definition) is 3. The third kappa shape index (κ3) is 3.33. The minimum absolute atomic E-state index is 0.0794. The first-order valence-electron chi connectivity index (χ1n) is 8.77. The summed E-state index contributed by atoms with van der Waals surface area (Å²) in [5, 5.41) is 0. The number of benzene rings is 1. The van der Waals surface area contributed by atoms with Crippen molar-refractivity contribution in [3.63, 3.8) is 0 Å². The zero-order chi connectivity index (χ0) is 17.3. The van der Waals surface area contributed by atoms with Crippen molar-refractivity contribution in [2.45, 2.75) is 32.2 Å². The van der Waals surface area contributed by atoms with E-state index in [0.717, 1.165) is 45.0 Å². The molecule has 1 amide bonds. The number of halogens is 1. The van der Waals surface area contributed by atoms with Gasteiger partial charge in [0, 0.05) is 32.2 Å². The Morgan fingerprint density at radius 2 is 1.96 bits per heavy atom. The molecule has 2 aliphatic rings. The van der Waals surface area contributed by atoms with Crippen LogP contribution in [0, 0.1) is 11.7 Å². The molecule has 2 fully saturated rings. The van der Waals surface area contributed by atoms with Crippen LogP contribution in [-0.4, -0.2) is 61.1 Å². The fraction of sp³-hybridized carbons (Fsp3) is 0.632. The Kier molecular flexibility index (Phi) is 4.92. The van der Waals surface area contributed by atoms with Crippen LogP contribution in [0.3, 0.4) is 0 Å². The molecule has 0 aliphatic carbocycles. The lowest BCUT2D eigenvalue weighted by Crippen LogP contribution is -2.48. The van der Waals surface area contributed by atoms with E-state index in [1.807, 2.05) is 24.8 Å². The lowest BCUT2D eigenvalue weighted by atomic mass is 9.83. The molecule has 24 heavy (non-hydrogen) atoms. The number of amides is 1. The van der Waals surface area contributed by atoms with Gasteiger partial charge >= 0.3 is 0 Å². The number of nitrogens with zero attached hydrogens (tertiary/aromatic N) is 2. The normalized spacial score (nSPS) is 25.9. The van der Waals surface area contributed by atoms with Gasteiger partial charge in [-0.25, -0.2) is 4.39 Å². The third-order valence-electron chi connectivity index (χ3n) is 5.46. The van der Waals surface area contributed by atoms with Crippen LogP contribution in [0.4, 0.5) is 4.39 Å². The van der Waals surface area contributed by atoms with Crippen LogP contribution in [0.1, 0.15) is 26.3 Å². The molecule has 0 N–H and O–H groups in total. The first kappa shape index (κ1) is 17.4. The maximum absolute atomic E-state index is 13.6. The van der Waals surface area contributed by atoms with Crippen LogP contribution >= 0.6 is 0 Å². The average Bonchev–Trinajstić information content (AvgIpc) is 2.96. The Labute approximate surface area is 143 Å². The Bertz CT molecular complexity index is 599. The van der Waals surface area contributed by atoms with Gasteiger partial charge in [-0.1, -0.05) is 19.1 Å². The SMILES string of the molecule is C[C@@H]1CN(C(=O)C(C)(C)c2cccc(F)c2)C[C@@H]1N1CCOCC1. The van der Waals surface area contributed by atoms with E-state index in [9.17, 15) is 9.18 Å². The molecule has 0 aromatic heterocycles. The van der Waals surface area contributed by atoms with Gasteiger partial charge in [0.25, 0.3) is 0 Å². The van der Waals surface area contributed by atoms with E-state index in [-0.39, 0.29) is 11.7 Å². The van der Waals surface area contributed by atoms with Crippen molar-refractivity contribution in [2.75, 3.05) is 39.4 Å². The summed E-state index contributed by atoms with van der Waals surface area (Å²) in [5.74, 6) is 0.223. The van der Waals surface area contributed by atoms with Crippen LogP contribution in [0.15, 0.2) is 24.3 Å². The molecule has 0 radical (unpaired) electrons. The summed E-state index contributed by atoms with van der Waals surface area (Å²) in [6.07, 6.45) is 0. The van der Waals surface area contributed by atoms with Gasteiger partial charge in [0.1, 0.15) is 5.82 Å². The molecule has 2 saturated heterocycles. The quantitative estimate of drug-likeness (QED) is 0.850. The molecular weight excluding hydrogens is 307 g/mol. The van der Waals surface area contributed by atoms with Crippen LogP contribution < -0.4 is 0 Å². The van der Waals surface area contributed by atoms with E-state index in [4.69, 9.17) is 4.74 Å². The fourth-order valence-electron chi connectivity index (χ4n) is 3.90. The maximum Gasteiger partial charge on any atom is 0.232 e. The van der Waals surface area contributed by atoms with Gasteiger partial charge in [0.2, 0.25) is 5.91 Å². The number of rotatable bonds is 3. The van der Waals surface area contributed by atoms with Gasteiger partial charge in [-0.05, 0) is 37.5 Å². The zero-order valence-electron chi connectivity index (χ0n) is 14.8. The standard InChI is InChI=1S/C19H27FN2O2/c1-14-12-22(13-17(14)21-7-9-24-10-8-21)18(23)19(2,3)15-5-4-6-16(20)11-15/h4-6,11,14,17H,7-10,12-13H2,1-3H3/t14-,17+/m1/s1. The molecular formula is C19H27FN2O2. The van der Waals surface area contributed by atoms with Crippen molar-refractivity contribution >= 4 is 5.91 Å².